The predicted molar refractivity (Wildman–Crippen MR) is 68.9 cm³/mol. The molecule has 4 N–H and O–H groups in total. The van der Waals surface area contributed by atoms with Gasteiger partial charge in [-0.3, -0.25) is 4.90 Å². The van der Waals surface area contributed by atoms with Gasteiger partial charge in [-0.15, -0.1) is 0 Å². The number of thiophene rings is 1. The van der Waals surface area contributed by atoms with E-state index < -0.39 is 12.2 Å². The Morgan fingerprint density at radius 1 is 1.47 bits per heavy atom. The lowest BCUT2D eigenvalue weighted by Gasteiger charge is -2.31. The largest absolute Gasteiger partial charge is 0.389 e. The number of aliphatic hydroxyl groups excluding tert-OH is 2. The Morgan fingerprint density at radius 2 is 2.12 bits per heavy atom. The van der Waals surface area contributed by atoms with Crippen LogP contribution in [0.1, 0.15) is 24.9 Å². The Kier molecular flexibility index (Phi) is 4.17. The van der Waals surface area contributed by atoms with Gasteiger partial charge in [0.25, 0.3) is 0 Å². The fourth-order valence-electron chi connectivity index (χ4n) is 2.42. The van der Waals surface area contributed by atoms with Crippen molar-refractivity contribution in [3.63, 3.8) is 0 Å². The summed E-state index contributed by atoms with van der Waals surface area (Å²) in [6.45, 7) is 3.05. The van der Waals surface area contributed by atoms with Crippen LogP contribution in [0.2, 0.25) is 0 Å². The fourth-order valence-corrected chi connectivity index (χ4v) is 3.11. The van der Waals surface area contributed by atoms with E-state index in [4.69, 9.17) is 5.73 Å². The Morgan fingerprint density at radius 3 is 2.59 bits per heavy atom. The molecule has 0 bridgehead atoms. The number of rotatable bonds is 4. The van der Waals surface area contributed by atoms with E-state index >= 15 is 0 Å². The van der Waals surface area contributed by atoms with Gasteiger partial charge in [-0.25, -0.2) is 0 Å². The summed E-state index contributed by atoms with van der Waals surface area (Å²) < 4.78 is 0. The number of hydrogen-bond donors (Lipinski definition) is 3. The molecule has 0 amide bonds. The van der Waals surface area contributed by atoms with E-state index in [-0.39, 0.29) is 12.1 Å². The monoisotopic (exact) mass is 256 g/mol. The van der Waals surface area contributed by atoms with E-state index in [1.807, 2.05) is 5.38 Å². The van der Waals surface area contributed by atoms with Gasteiger partial charge in [0.1, 0.15) is 0 Å². The molecule has 1 aliphatic rings. The number of nitrogens with zero attached hydrogens (tertiary/aromatic N) is 1. The maximum Gasteiger partial charge on any atom is 0.0938 e. The summed E-state index contributed by atoms with van der Waals surface area (Å²) in [6.07, 6.45) is -0.427. The number of β-amino-alcohol motifs (C(OH)–C–C–N with tert-alkyl or cyclic N) is 2. The predicted octanol–water partition coefficient (Wildman–Crippen LogP) is 0.564. The molecule has 96 valence electrons. The highest BCUT2D eigenvalue weighted by molar-refractivity contribution is 7.07. The van der Waals surface area contributed by atoms with E-state index in [0.717, 1.165) is 6.42 Å². The van der Waals surface area contributed by atoms with E-state index in [1.165, 1.54) is 5.56 Å². The van der Waals surface area contributed by atoms with Gasteiger partial charge in [0.2, 0.25) is 0 Å². The molecular formula is C12H20N2O2S. The van der Waals surface area contributed by atoms with Crippen molar-refractivity contribution in [1.82, 2.24) is 4.90 Å². The Labute approximate surface area is 106 Å². The molecule has 0 radical (unpaired) electrons. The van der Waals surface area contributed by atoms with E-state index in [9.17, 15) is 10.2 Å². The Balaban J connectivity index is 2.17. The van der Waals surface area contributed by atoms with Crippen LogP contribution in [0.3, 0.4) is 0 Å². The molecule has 0 spiro atoms. The maximum atomic E-state index is 9.64. The van der Waals surface area contributed by atoms with Crippen molar-refractivity contribution in [3.05, 3.63) is 22.4 Å². The second-order valence-electron chi connectivity index (χ2n) is 4.66. The van der Waals surface area contributed by atoms with Crippen LogP contribution < -0.4 is 5.73 Å². The van der Waals surface area contributed by atoms with Crippen molar-refractivity contribution in [1.29, 1.82) is 0 Å². The van der Waals surface area contributed by atoms with E-state index in [0.29, 0.717) is 13.1 Å². The normalized spacial score (nSPS) is 29.4. The van der Waals surface area contributed by atoms with E-state index in [2.05, 4.69) is 23.3 Å². The molecule has 0 saturated carbocycles. The molecule has 4 unspecified atom stereocenters. The third-order valence-electron chi connectivity index (χ3n) is 3.44. The first-order chi connectivity index (χ1) is 8.13. The van der Waals surface area contributed by atoms with Crippen LogP contribution in [-0.4, -0.2) is 46.5 Å². The number of aliphatic hydroxyl groups is 2. The minimum Gasteiger partial charge on any atom is -0.389 e. The maximum absolute atomic E-state index is 9.64. The van der Waals surface area contributed by atoms with Crippen LogP contribution in [0.4, 0.5) is 0 Å². The zero-order valence-corrected chi connectivity index (χ0v) is 10.8. The lowest BCUT2D eigenvalue weighted by atomic mass is 9.99. The van der Waals surface area contributed by atoms with Crippen LogP contribution in [0, 0.1) is 0 Å². The van der Waals surface area contributed by atoms with Gasteiger partial charge in [0.15, 0.2) is 0 Å². The summed E-state index contributed by atoms with van der Waals surface area (Å²) in [4.78, 5) is 2.09. The van der Waals surface area contributed by atoms with Crippen LogP contribution in [0.25, 0.3) is 0 Å². The van der Waals surface area contributed by atoms with Crippen molar-refractivity contribution in [2.45, 2.75) is 37.6 Å². The van der Waals surface area contributed by atoms with Crippen LogP contribution >= 0.6 is 11.3 Å². The highest BCUT2D eigenvalue weighted by atomic mass is 32.1. The molecule has 2 rings (SSSR count). The third kappa shape index (κ3) is 2.69. The molecule has 5 heteroatoms. The summed E-state index contributed by atoms with van der Waals surface area (Å²) in [6, 6.07) is 2.20. The van der Waals surface area contributed by atoms with Crippen molar-refractivity contribution in [3.8, 4) is 0 Å². The van der Waals surface area contributed by atoms with Crippen molar-refractivity contribution < 1.29 is 10.2 Å². The zero-order chi connectivity index (χ0) is 12.4. The lowest BCUT2D eigenvalue weighted by molar-refractivity contribution is 0.0572. The first-order valence-electron chi connectivity index (χ1n) is 6.01. The molecule has 1 saturated heterocycles. The number of likely N-dealkylation sites (tertiary alicyclic amines) is 1. The second-order valence-corrected chi connectivity index (χ2v) is 5.44. The molecule has 1 aliphatic heterocycles. The first-order valence-corrected chi connectivity index (χ1v) is 6.95. The molecule has 1 aromatic heterocycles. The molecule has 4 nitrogen and oxygen atoms in total. The van der Waals surface area contributed by atoms with Gasteiger partial charge in [-0.2, -0.15) is 11.3 Å². The molecular weight excluding hydrogens is 236 g/mol. The summed E-state index contributed by atoms with van der Waals surface area (Å²) in [5.74, 6) is 0. The quantitative estimate of drug-likeness (QED) is 0.736. The van der Waals surface area contributed by atoms with Crippen molar-refractivity contribution in [2.75, 3.05) is 13.1 Å². The summed E-state index contributed by atoms with van der Waals surface area (Å²) >= 11 is 1.65. The van der Waals surface area contributed by atoms with Gasteiger partial charge < -0.3 is 15.9 Å². The topological polar surface area (TPSA) is 69.7 Å². The van der Waals surface area contributed by atoms with Gasteiger partial charge in [-0.1, -0.05) is 6.92 Å². The third-order valence-corrected chi connectivity index (χ3v) is 4.14. The van der Waals surface area contributed by atoms with Crippen molar-refractivity contribution >= 4 is 11.3 Å². The molecule has 0 aliphatic carbocycles. The van der Waals surface area contributed by atoms with Gasteiger partial charge in [0.05, 0.1) is 18.2 Å². The highest BCUT2D eigenvalue weighted by Gasteiger charge is 2.36. The van der Waals surface area contributed by atoms with Crippen LogP contribution in [-0.2, 0) is 0 Å². The van der Waals surface area contributed by atoms with Crippen LogP contribution in [0.5, 0.6) is 0 Å². The average molecular weight is 256 g/mol. The minimum absolute atomic E-state index is 0.0297. The summed E-state index contributed by atoms with van der Waals surface area (Å²) in [5.41, 5.74) is 7.36. The number of hydrogen-bond acceptors (Lipinski definition) is 5. The minimum atomic E-state index is -0.653. The summed E-state index contributed by atoms with van der Waals surface area (Å²) in [7, 11) is 0. The zero-order valence-electron chi connectivity index (χ0n) is 9.99. The first kappa shape index (κ1) is 13.0. The van der Waals surface area contributed by atoms with Gasteiger partial charge in [-0.05, 0) is 28.8 Å². The average Bonchev–Trinajstić information content (AvgIpc) is 2.91. The Bertz CT molecular complexity index is 334. The molecule has 1 fully saturated rings. The Hall–Kier alpha value is -0.460. The standard InChI is InChI=1S/C12H20N2O2S/c1-2-9(13)12(8-3-4-17-7-8)14-5-10(15)11(16)6-14/h3-4,7,9-12,15-16H,2,5-6,13H2,1H3. The molecule has 0 aromatic carbocycles. The van der Waals surface area contributed by atoms with E-state index in [1.54, 1.807) is 11.3 Å². The van der Waals surface area contributed by atoms with Gasteiger partial charge in [0, 0.05) is 19.1 Å². The molecule has 1 aromatic rings. The van der Waals surface area contributed by atoms with Crippen LogP contribution in [0.15, 0.2) is 16.8 Å². The molecule has 2 heterocycles. The highest BCUT2D eigenvalue weighted by Crippen LogP contribution is 2.30. The molecule has 17 heavy (non-hydrogen) atoms. The second kappa shape index (κ2) is 5.46. The van der Waals surface area contributed by atoms with Gasteiger partial charge >= 0.3 is 0 Å². The fraction of sp³-hybridized carbons (Fsp3) is 0.667. The van der Waals surface area contributed by atoms with Crippen molar-refractivity contribution in [2.24, 2.45) is 5.73 Å². The summed E-state index contributed by atoms with van der Waals surface area (Å²) in [5, 5.41) is 23.4. The number of nitrogens with two attached hydrogens (primary N) is 1. The smallest absolute Gasteiger partial charge is 0.0938 e. The lowest BCUT2D eigenvalue weighted by Crippen LogP contribution is -2.40. The molecule has 4 atom stereocenters. The SMILES string of the molecule is CCC(N)C(c1ccsc1)N1CC(O)C(O)C1.